The first-order valence-corrected chi connectivity index (χ1v) is 13.7. The van der Waals surface area contributed by atoms with E-state index in [1.807, 2.05) is 104 Å². The average Bonchev–Trinajstić information content (AvgIpc) is 3.48. The Morgan fingerprint density at radius 1 is 0.652 bits per heavy atom. The number of nitrogens with two attached hydrogens (primary N) is 1. The van der Waals surface area contributed by atoms with E-state index in [-0.39, 0.29) is 55.4 Å². The van der Waals surface area contributed by atoms with E-state index in [0.29, 0.717) is 22.5 Å². The number of nitrogen functional groups attached to an aromatic ring is 1. The van der Waals surface area contributed by atoms with Gasteiger partial charge in [-0.25, -0.2) is 0 Å². The smallest absolute Gasteiger partial charge is 0.296 e. The number of amides is 2. The maximum Gasteiger partial charge on any atom is 0.296 e. The molecule has 8 rings (SSSR count). The molecule has 229 valence electrons. The molecule has 0 bridgehead atoms. The summed E-state index contributed by atoms with van der Waals surface area (Å²) in [5.41, 5.74) is 7.50. The van der Waals surface area contributed by atoms with Crippen molar-refractivity contribution in [3.63, 3.8) is 0 Å². The summed E-state index contributed by atoms with van der Waals surface area (Å²) in [6.45, 7) is 3.53. The molecule has 1 atom stereocenters. The normalized spacial score (nSPS) is 15.2. The second-order valence-corrected chi connectivity index (χ2v) is 10.3. The Kier molecular flexibility index (Phi) is 11.9. The van der Waals surface area contributed by atoms with E-state index in [1.165, 1.54) is 17.7 Å². The fourth-order valence-corrected chi connectivity index (χ4v) is 5.38. The summed E-state index contributed by atoms with van der Waals surface area (Å²) in [7, 11) is 0. The van der Waals surface area contributed by atoms with Gasteiger partial charge in [0.15, 0.2) is 5.60 Å². The Morgan fingerprint density at radius 2 is 1.15 bits per heavy atom. The molecule has 0 aliphatic carbocycles. The summed E-state index contributed by atoms with van der Waals surface area (Å²) in [5.74, 6) is -1.35. The van der Waals surface area contributed by atoms with E-state index < -0.39 is 17.3 Å². The predicted molar refractivity (Wildman–Crippen MR) is 178 cm³/mol. The Hall–Kier alpha value is -4.46. The van der Waals surface area contributed by atoms with Crippen LogP contribution in [0, 0.1) is 44.1 Å². The third-order valence-electron chi connectivity index (χ3n) is 7.49. The molecule has 46 heavy (non-hydrogen) atoms. The van der Waals surface area contributed by atoms with Crippen molar-refractivity contribution in [3.05, 3.63) is 126 Å². The summed E-state index contributed by atoms with van der Waals surface area (Å²) in [5, 5.41) is 21.6. The van der Waals surface area contributed by atoms with Gasteiger partial charge in [-0.3, -0.25) is 14.4 Å². The first kappa shape index (κ1) is 36.0. The maximum atomic E-state index is 11.6. The molecule has 1 radical (unpaired) electrons. The number of Topliss-reactive ketones (excluding diaryl/α,β-unsaturated/α-hetero) is 1. The molecule has 10 heteroatoms. The fourth-order valence-electron chi connectivity index (χ4n) is 5.38. The van der Waals surface area contributed by atoms with Gasteiger partial charge in [0.25, 0.3) is 17.6 Å². The van der Waals surface area contributed by atoms with Gasteiger partial charge < -0.3 is 31.7 Å². The van der Waals surface area contributed by atoms with Gasteiger partial charge in [0.1, 0.15) is 6.79 Å². The molecule has 0 fully saturated rings. The summed E-state index contributed by atoms with van der Waals surface area (Å²) in [6, 6.07) is 36.8. The maximum absolute atomic E-state index is 11.6. The minimum atomic E-state index is -1.43. The molecular weight excluding hydrogens is 797 g/mol. The van der Waals surface area contributed by atoms with E-state index in [9.17, 15) is 19.5 Å². The van der Waals surface area contributed by atoms with Gasteiger partial charge >= 0.3 is 0 Å². The first-order chi connectivity index (χ1) is 21.2. The number of hydrogen-bond donors (Lipinski definition) is 4. The molecule has 6 aromatic rings. The van der Waals surface area contributed by atoms with Gasteiger partial charge in [0, 0.05) is 61.0 Å². The number of hydrogen-bond acceptors (Lipinski definition) is 6. The predicted octanol–water partition coefficient (Wildman–Crippen LogP) is 5.39. The Labute approximate surface area is 300 Å². The van der Waals surface area contributed by atoms with Crippen LogP contribution in [0.25, 0.3) is 32.3 Å². The molecule has 2 amide bonds. The molecule has 9 nitrogen and oxygen atoms in total. The monoisotopic (exact) mass is 828 g/mol. The van der Waals surface area contributed by atoms with Crippen LogP contribution in [0.4, 0.5) is 17.1 Å². The standard InChI is InChI=1S/C13H11NO2.C12H7NO2.C10H9N.CH2O.Ac.H2O/c1-13(16)11-9-5-3-2-4-8(9)6-7-10(11)14-12(13)15;14-11-10-8-4-2-1-3-7(8)5-6-9(10)13-12(11)15;11-10-6-5-8-3-1-2-4-9(8)7-10;1-2;;/h2-7,16H,1H3,(H,14,15);1-6H,(H,13,14,15);1-7H,11H2;1H2;;1H2. The van der Waals surface area contributed by atoms with E-state index >= 15 is 0 Å². The first-order valence-electron chi connectivity index (χ1n) is 13.7. The summed E-state index contributed by atoms with van der Waals surface area (Å²) in [4.78, 5) is 42.4. The van der Waals surface area contributed by atoms with Crippen LogP contribution in [0.15, 0.2) is 115 Å². The molecule has 0 aromatic heterocycles. The number of nitrogens with one attached hydrogen (secondary N) is 2. The quantitative estimate of drug-likeness (QED) is 0.118. The van der Waals surface area contributed by atoms with Crippen LogP contribution in [0.3, 0.4) is 0 Å². The zero-order valence-electron chi connectivity index (χ0n) is 24.9. The fraction of sp³-hybridized carbons (Fsp3) is 0.0556. The van der Waals surface area contributed by atoms with Crippen LogP contribution in [0.2, 0.25) is 0 Å². The number of aliphatic hydroxyl groups is 1. The van der Waals surface area contributed by atoms with E-state index in [4.69, 9.17) is 10.5 Å². The molecular formula is C36H31AcN3O6. The Bertz CT molecular complexity index is 2080. The third kappa shape index (κ3) is 7.01. The topological polar surface area (TPSA) is 170 Å². The Morgan fingerprint density at radius 3 is 1.80 bits per heavy atom. The van der Waals surface area contributed by atoms with Crippen LogP contribution in [0.1, 0.15) is 22.8 Å². The molecule has 1 unspecified atom stereocenters. The number of carbonyl (C=O) groups excluding carboxylic acids is 4. The zero-order chi connectivity index (χ0) is 31.4. The van der Waals surface area contributed by atoms with E-state index in [0.717, 1.165) is 27.2 Å². The number of fused-ring (bicyclic) bond motifs is 7. The number of rotatable bonds is 0. The van der Waals surface area contributed by atoms with E-state index in [2.05, 4.69) is 22.8 Å². The van der Waals surface area contributed by atoms with Gasteiger partial charge in [0.2, 0.25) is 0 Å². The molecule has 7 N–H and O–H groups in total. The molecule has 0 spiro atoms. The minimum Gasteiger partial charge on any atom is -0.412 e. The van der Waals surface area contributed by atoms with Crippen molar-refractivity contribution in [3.8, 4) is 0 Å². The zero-order valence-corrected chi connectivity index (χ0v) is 29.7. The molecule has 2 aliphatic heterocycles. The van der Waals surface area contributed by atoms with Crippen molar-refractivity contribution < 1.29 is 73.8 Å². The minimum absolute atomic E-state index is 0. The average molecular weight is 829 g/mol. The third-order valence-corrected chi connectivity index (χ3v) is 7.49. The van der Waals surface area contributed by atoms with Gasteiger partial charge in [0.05, 0.1) is 11.3 Å². The van der Waals surface area contributed by atoms with E-state index in [1.54, 1.807) is 6.07 Å². The van der Waals surface area contributed by atoms with Gasteiger partial charge in [-0.2, -0.15) is 0 Å². The second-order valence-electron chi connectivity index (χ2n) is 10.3. The SMILES string of the molecule is C=O.CC1(O)C(=O)Nc2ccc3ccccc3c21.Nc1ccc2ccccc2c1.O.O=C1Nc2ccc3ccccc3c2C1=O.[Ac]. The van der Waals surface area contributed by atoms with Gasteiger partial charge in [-0.05, 0) is 63.5 Å². The molecule has 0 saturated carbocycles. The van der Waals surface area contributed by atoms with Crippen LogP contribution in [-0.2, 0) is 20.0 Å². The Balaban J connectivity index is 0.000000182. The summed E-state index contributed by atoms with van der Waals surface area (Å²) >= 11 is 0. The van der Waals surface area contributed by atoms with Gasteiger partial charge in [-0.1, -0.05) is 91.0 Å². The van der Waals surface area contributed by atoms with Crippen LogP contribution >= 0.6 is 0 Å². The van der Waals surface area contributed by atoms with Crippen LogP contribution < -0.4 is 16.4 Å². The number of ketones is 1. The molecule has 2 heterocycles. The van der Waals surface area contributed by atoms with Crippen molar-refractivity contribution in [2.75, 3.05) is 16.4 Å². The number of anilines is 3. The second kappa shape index (κ2) is 15.2. The molecule has 6 aromatic carbocycles. The number of benzene rings is 6. The summed E-state index contributed by atoms with van der Waals surface area (Å²) < 4.78 is 0. The number of carbonyl (C=O) groups is 4. The van der Waals surface area contributed by atoms with Gasteiger partial charge in [-0.15, -0.1) is 0 Å². The molecule has 0 saturated heterocycles. The van der Waals surface area contributed by atoms with Crippen molar-refractivity contribution in [1.29, 1.82) is 0 Å². The van der Waals surface area contributed by atoms with Crippen LogP contribution in [0.5, 0.6) is 0 Å². The van der Waals surface area contributed by atoms with Crippen molar-refractivity contribution in [1.82, 2.24) is 0 Å². The van der Waals surface area contributed by atoms with Crippen molar-refractivity contribution >= 4 is 73.8 Å². The largest absolute Gasteiger partial charge is 0.412 e. The molecule has 2 aliphatic rings. The van der Waals surface area contributed by atoms with Crippen molar-refractivity contribution in [2.24, 2.45) is 0 Å². The summed E-state index contributed by atoms with van der Waals surface area (Å²) in [6.07, 6.45) is 0. The van der Waals surface area contributed by atoms with Crippen molar-refractivity contribution in [2.45, 2.75) is 12.5 Å². The van der Waals surface area contributed by atoms with Crippen LogP contribution in [-0.4, -0.2) is 35.0 Å².